The number of fused-ring (bicyclic) bond motifs is 3. The molecule has 0 aliphatic rings. The first-order chi connectivity index (χ1) is 13.5. The zero-order valence-electron chi connectivity index (χ0n) is 16.2. The maximum absolute atomic E-state index is 12.9. The van der Waals surface area contributed by atoms with Crippen molar-refractivity contribution in [3.63, 3.8) is 0 Å². The predicted molar refractivity (Wildman–Crippen MR) is 111 cm³/mol. The van der Waals surface area contributed by atoms with Crippen molar-refractivity contribution in [2.75, 3.05) is 5.32 Å². The van der Waals surface area contributed by atoms with E-state index < -0.39 is 0 Å². The molecule has 6 heteroatoms. The molecule has 0 fully saturated rings. The number of aromatic nitrogens is 3. The average molecular weight is 374 g/mol. The number of nitrogens with one attached hydrogen (secondary N) is 1. The van der Waals surface area contributed by atoms with E-state index >= 15 is 0 Å². The van der Waals surface area contributed by atoms with Crippen LogP contribution in [0.4, 0.5) is 5.69 Å². The van der Waals surface area contributed by atoms with E-state index in [2.05, 4.69) is 10.3 Å². The van der Waals surface area contributed by atoms with Crippen molar-refractivity contribution in [1.29, 1.82) is 0 Å². The fourth-order valence-electron chi connectivity index (χ4n) is 3.78. The summed E-state index contributed by atoms with van der Waals surface area (Å²) < 4.78 is 3.42. The third-order valence-electron chi connectivity index (χ3n) is 5.00. The molecule has 4 aromatic rings. The van der Waals surface area contributed by atoms with E-state index in [0.29, 0.717) is 11.2 Å². The van der Waals surface area contributed by atoms with Gasteiger partial charge in [0.15, 0.2) is 5.65 Å². The van der Waals surface area contributed by atoms with Crippen molar-refractivity contribution in [1.82, 2.24) is 14.0 Å². The maximum Gasteiger partial charge on any atom is 0.276 e. The van der Waals surface area contributed by atoms with Crippen LogP contribution in [0.1, 0.15) is 23.1 Å². The summed E-state index contributed by atoms with van der Waals surface area (Å²) in [6.45, 7) is 6.27. The van der Waals surface area contributed by atoms with Crippen LogP contribution >= 0.6 is 0 Å². The van der Waals surface area contributed by atoms with Crippen molar-refractivity contribution in [2.45, 2.75) is 33.7 Å². The second-order valence-electron chi connectivity index (χ2n) is 7.14. The van der Waals surface area contributed by atoms with Crippen LogP contribution in [0.2, 0.25) is 0 Å². The van der Waals surface area contributed by atoms with E-state index in [9.17, 15) is 9.59 Å². The van der Waals surface area contributed by atoms with Gasteiger partial charge in [0, 0.05) is 31.0 Å². The molecule has 0 unspecified atom stereocenters. The van der Waals surface area contributed by atoms with Gasteiger partial charge in [0.25, 0.3) is 5.56 Å². The summed E-state index contributed by atoms with van der Waals surface area (Å²) in [4.78, 5) is 29.9. The fourth-order valence-corrected chi connectivity index (χ4v) is 3.78. The topological polar surface area (TPSA) is 68.4 Å². The SMILES string of the molecule is Cc1cc(C)c(NC(=O)CCn2c(=O)c3cccn3c3cccnc32)c(C)c1. The number of carbonyl (C=O) groups excluding carboxylic acids is 1. The molecule has 0 aliphatic heterocycles. The lowest BCUT2D eigenvalue weighted by Crippen LogP contribution is -2.26. The molecule has 0 saturated carbocycles. The molecule has 6 nitrogen and oxygen atoms in total. The number of amides is 1. The van der Waals surface area contributed by atoms with Crippen molar-refractivity contribution in [3.8, 4) is 0 Å². The van der Waals surface area contributed by atoms with Crippen LogP contribution in [-0.4, -0.2) is 19.9 Å². The molecule has 3 heterocycles. The van der Waals surface area contributed by atoms with E-state index in [-0.39, 0.29) is 24.4 Å². The highest BCUT2D eigenvalue weighted by Crippen LogP contribution is 2.22. The number of benzene rings is 1. The third-order valence-corrected chi connectivity index (χ3v) is 5.00. The summed E-state index contributed by atoms with van der Waals surface area (Å²) in [5.74, 6) is -0.124. The molecule has 4 rings (SSSR count). The number of aryl methyl sites for hydroxylation is 4. The van der Waals surface area contributed by atoms with Gasteiger partial charge in [0.2, 0.25) is 5.91 Å². The second-order valence-corrected chi connectivity index (χ2v) is 7.14. The highest BCUT2D eigenvalue weighted by molar-refractivity contribution is 5.92. The van der Waals surface area contributed by atoms with Crippen molar-refractivity contribution < 1.29 is 4.79 Å². The largest absolute Gasteiger partial charge is 0.326 e. The van der Waals surface area contributed by atoms with Gasteiger partial charge in [-0.1, -0.05) is 17.7 Å². The van der Waals surface area contributed by atoms with Crippen LogP contribution in [0.15, 0.2) is 53.6 Å². The molecule has 0 atom stereocenters. The van der Waals surface area contributed by atoms with Gasteiger partial charge in [0.05, 0.1) is 5.52 Å². The van der Waals surface area contributed by atoms with Crippen LogP contribution in [0.25, 0.3) is 16.7 Å². The molecule has 1 aromatic carbocycles. The monoisotopic (exact) mass is 374 g/mol. The van der Waals surface area contributed by atoms with Crippen molar-refractivity contribution in [2.24, 2.45) is 0 Å². The summed E-state index contributed by atoms with van der Waals surface area (Å²) in [5.41, 5.74) is 5.91. The Kier molecular flexibility index (Phi) is 4.47. The van der Waals surface area contributed by atoms with Gasteiger partial charge in [-0.3, -0.25) is 14.2 Å². The molecule has 3 aromatic heterocycles. The lowest BCUT2D eigenvalue weighted by molar-refractivity contribution is -0.116. The van der Waals surface area contributed by atoms with Crippen LogP contribution in [0.5, 0.6) is 0 Å². The lowest BCUT2D eigenvalue weighted by atomic mass is 10.1. The molecule has 0 spiro atoms. The Morgan fingerprint density at radius 2 is 1.79 bits per heavy atom. The lowest BCUT2D eigenvalue weighted by Gasteiger charge is -2.14. The molecule has 0 aliphatic carbocycles. The van der Waals surface area contributed by atoms with E-state index in [1.54, 1.807) is 16.8 Å². The van der Waals surface area contributed by atoms with Gasteiger partial charge in [-0.25, -0.2) is 4.98 Å². The molecule has 28 heavy (non-hydrogen) atoms. The molecule has 0 radical (unpaired) electrons. The molecule has 0 bridgehead atoms. The predicted octanol–water partition coefficient (Wildman–Crippen LogP) is 3.60. The van der Waals surface area contributed by atoms with Gasteiger partial charge >= 0.3 is 0 Å². The molecular formula is C22H22N4O2. The zero-order valence-corrected chi connectivity index (χ0v) is 16.2. The Hall–Kier alpha value is -3.41. The van der Waals surface area contributed by atoms with Crippen LogP contribution in [-0.2, 0) is 11.3 Å². The number of rotatable bonds is 4. The highest BCUT2D eigenvalue weighted by Gasteiger charge is 2.13. The first kappa shape index (κ1) is 18.0. The highest BCUT2D eigenvalue weighted by atomic mass is 16.2. The normalized spacial score (nSPS) is 11.2. The minimum absolute atomic E-state index is 0.124. The van der Waals surface area contributed by atoms with Crippen molar-refractivity contribution >= 4 is 28.3 Å². The van der Waals surface area contributed by atoms with E-state index in [1.807, 2.05) is 61.7 Å². The Morgan fingerprint density at radius 3 is 2.54 bits per heavy atom. The maximum atomic E-state index is 12.9. The van der Waals surface area contributed by atoms with E-state index in [1.165, 1.54) is 0 Å². The summed E-state index contributed by atoms with van der Waals surface area (Å²) in [5, 5.41) is 3.00. The Balaban J connectivity index is 1.63. The second kappa shape index (κ2) is 6.96. The van der Waals surface area contributed by atoms with Crippen LogP contribution < -0.4 is 10.9 Å². The Morgan fingerprint density at radius 1 is 1.07 bits per heavy atom. The minimum Gasteiger partial charge on any atom is -0.326 e. The van der Waals surface area contributed by atoms with Gasteiger partial charge in [0.1, 0.15) is 5.52 Å². The smallest absolute Gasteiger partial charge is 0.276 e. The zero-order chi connectivity index (χ0) is 19.8. The summed E-state index contributed by atoms with van der Waals surface area (Å²) in [6, 6.07) is 11.5. The summed E-state index contributed by atoms with van der Waals surface area (Å²) in [7, 11) is 0. The first-order valence-electron chi connectivity index (χ1n) is 9.28. The minimum atomic E-state index is -0.147. The van der Waals surface area contributed by atoms with E-state index in [0.717, 1.165) is 27.9 Å². The third kappa shape index (κ3) is 3.07. The molecule has 0 saturated heterocycles. The Bertz CT molecular complexity index is 1240. The molecular weight excluding hydrogens is 352 g/mol. The fraction of sp³-hybridized carbons (Fsp3) is 0.227. The number of nitrogens with zero attached hydrogens (tertiary/aromatic N) is 3. The summed E-state index contributed by atoms with van der Waals surface area (Å²) >= 11 is 0. The van der Waals surface area contributed by atoms with Crippen molar-refractivity contribution in [3.05, 3.63) is 75.8 Å². The number of hydrogen-bond acceptors (Lipinski definition) is 3. The first-order valence-corrected chi connectivity index (χ1v) is 9.28. The standard InChI is InChI=1S/C22H22N4O2/c1-14-12-15(2)20(16(3)13-14)24-19(27)8-11-26-21-17(6-4-9-23-21)25-10-5-7-18(25)22(26)28/h4-7,9-10,12-13H,8,11H2,1-3H3,(H,24,27). The van der Waals surface area contributed by atoms with E-state index in [4.69, 9.17) is 0 Å². The van der Waals surface area contributed by atoms with Gasteiger partial charge in [-0.15, -0.1) is 0 Å². The van der Waals surface area contributed by atoms with Gasteiger partial charge in [-0.2, -0.15) is 0 Å². The Labute approximate surface area is 162 Å². The molecule has 142 valence electrons. The average Bonchev–Trinajstić information content (AvgIpc) is 3.15. The van der Waals surface area contributed by atoms with Crippen LogP contribution in [0, 0.1) is 20.8 Å². The van der Waals surface area contributed by atoms with Gasteiger partial charge < -0.3 is 9.72 Å². The number of hydrogen-bond donors (Lipinski definition) is 1. The summed E-state index contributed by atoms with van der Waals surface area (Å²) in [6.07, 6.45) is 3.70. The van der Waals surface area contributed by atoms with Crippen LogP contribution in [0.3, 0.4) is 0 Å². The van der Waals surface area contributed by atoms with Gasteiger partial charge in [-0.05, 0) is 56.2 Å². The molecule has 1 amide bonds. The quantitative estimate of drug-likeness (QED) is 0.593. The molecule has 1 N–H and O–H groups in total. The number of pyridine rings is 1. The number of anilines is 1. The number of carbonyl (C=O) groups is 1.